The fourth-order valence-corrected chi connectivity index (χ4v) is 1.67. The Morgan fingerprint density at radius 2 is 2.00 bits per heavy atom. The van der Waals surface area contributed by atoms with Gasteiger partial charge in [0.05, 0.1) is 19.9 Å². The van der Waals surface area contributed by atoms with Gasteiger partial charge in [-0.2, -0.15) is 0 Å². The predicted molar refractivity (Wildman–Crippen MR) is 62.1 cm³/mol. The van der Waals surface area contributed by atoms with Gasteiger partial charge >= 0.3 is 0 Å². The Bertz CT molecular complexity index is 573. The summed E-state index contributed by atoms with van der Waals surface area (Å²) in [6, 6.07) is 5.16. The zero-order valence-electron chi connectivity index (χ0n) is 9.65. The molecule has 2 aromatic rings. The minimum Gasteiger partial charge on any atom is -0.481 e. The first-order valence-electron chi connectivity index (χ1n) is 5.25. The molecule has 1 aromatic heterocycles. The highest BCUT2D eigenvalue weighted by atomic mass is 19.1. The highest BCUT2D eigenvalue weighted by Gasteiger charge is 2.12. The number of hydrogen-bond donors (Lipinski definition) is 1. The summed E-state index contributed by atoms with van der Waals surface area (Å²) in [7, 11) is 1.41. The quantitative estimate of drug-likeness (QED) is 0.911. The van der Waals surface area contributed by atoms with Crippen LogP contribution in [0.5, 0.6) is 5.88 Å². The van der Waals surface area contributed by atoms with Crippen LogP contribution in [0.2, 0.25) is 0 Å². The molecule has 0 spiro atoms. The average molecular weight is 251 g/mol. The van der Waals surface area contributed by atoms with Gasteiger partial charge in [-0.3, -0.25) is 0 Å². The van der Waals surface area contributed by atoms with Crippen molar-refractivity contribution in [3.8, 4) is 17.0 Å². The van der Waals surface area contributed by atoms with E-state index < -0.39 is 11.6 Å². The van der Waals surface area contributed by atoms with Gasteiger partial charge in [0.1, 0.15) is 11.6 Å². The van der Waals surface area contributed by atoms with Crippen molar-refractivity contribution in [2.75, 3.05) is 7.11 Å². The summed E-state index contributed by atoms with van der Waals surface area (Å²) in [6.07, 6.45) is 1.00. The summed E-state index contributed by atoms with van der Waals surface area (Å²) in [5.74, 6) is -0.881. The number of aromatic nitrogens is 1. The molecule has 0 bridgehead atoms. The van der Waals surface area contributed by atoms with Gasteiger partial charge in [-0.25, -0.2) is 13.8 Å². The smallest absolute Gasteiger partial charge is 0.213 e. The van der Waals surface area contributed by atoms with E-state index in [1.165, 1.54) is 31.4 Å². The van der Waals surface area contributed by atoms with Crippen LogP contribution in [0.15, 0.2) is 30.5 Å². The molecule has 5 heteroatoms. The van der Waals surface area contributed by atoms with E-state index in [-0.39, 0.29) is 23.6 Å². The maximum Gasteiger partial charge on any atom is 0.213 e. The Kier molecular flexibility index (Phi) is 3.53. The van der Waals surface area contributed by atoms with Crippen LogP contribution in [0.4, 0.5) is 8.78 Å². The summed E-state index contributed by atoms with van der Waals surface area (Å²) in [6.45, 7) is -0.306. The van der Waals surface area contributed by atoms with Crippen molar-refractivity contribution < 1.29 is 18.6 Å². The normalized spacial score (nSPS) is 10.4. The predicted octanol–water partition coefficient (Wildman–Crippen LogP) is 2.53. The van der Waals surface area contributed by atoms with E-state index in [0.717, 1.165) is 6.20 Å². The summed E-state index contributed by atoms with van der Waals surface area (Å²) >= 11 is 0. The number of methoxy groups -OCH3 is 1. The van der Waals surface area contributed by atoms with Gasteiger partial charge in [0.2, 0.25) is 5.88 Å². The molecular formula is C13H11F2NO2. The van der Waals surface area contributed by atoms with E-state index in [0.29, 0.717) is 5.56 Å². The molecule has 18 heavy (non-hydrogen) atoms. The van der Waals surface area contributed by atoms with E-state index in [1.54, 1.807) is 0 Å². The zero-order chi connectivity index (χ0) is 13.1. The number of nitrogens with zero attached hydrogens (tertiary/aromatic N) is 1. The Morgan fingerprint density at radius 3 is 2.67 bits per heavy atom. The number of benzene rings is 1. The summed E-state index contributed by atoms with van der Waals surface area (Å²) in [4.78, 5) is 3.71. The van der Waals surface area contributed by atoms with E-state index >= 15 is 0 Å². The molecule has 0 unspecified atom stereocenters. The Morgan fingerprint density at radius 1 is 1.22 bits per heavy atom. The first-order valence-corrected chi connectivity index (χ1v) is 5.25. The standard InChI is InChI=1S/C13H11F2NO2/c1-18-13-5-11(12(15)6-16-13)10-4-9(14)3-2-8(10)7-17/h2-6,17H,7H2,1H3. The van der Waals surface area contributed by atoms with Crippen molar-refractivity contribution in [1.82, 2.24) is 4.98 Å². The lowest BCUT2D eigenvalue weighted by Gasteiger charge is -2.10. The molecule has 1 N–H and O–H groups in total. The van der Waals surface area contributed by atoms with Crippen molar-refractivity contribution in [2.24, 2.45) is 0 Å². The van der Waals surface area contributed by atoms with E-state index in [9.17, 15) is 13.9 Å². The van der Waals surface area contributed by atoms with E-state index in [1.807, 2.05) is 0 Å². The molecule has 0 aliphatic carbocycles. The first-order chi connectivity index (χ1) is 8.65. The molecule has 0 amide bonds. The molecule has 1 aromatic carbocycles. The second-order valence-electron chi connectivity index (χ2n) is 3.67. The van der Waals surface area contributed by atoms with Crippen LogP contribution in [0.25, 0.3) is 11.1 Å². The lowest BCUT2D eigenvalue weighted by atomic mass is 10.0. The molecule has 0 aliphatic heterocycles. The molecule has 0 radical (unpaired) electrons. The van der Waals surface area contributed by atoms with E-state index in [4.69, 9.17) is 4.74 Å². The molecule has 1 heterocycles. The highest BCUT2D eigenvalue weighted by Crippen LogP contribution is 2.29. The number of rotatable bonds is 3. The third-order valence-electron chi connectivity index (χ3n) is 2.57. The van der Waals surface area contributed by atoms with Gasteiger partial charge in [0.15, 0.2) is 0 Å². The number of aliphatic hydroxyl groups is 1. The maximum atomic E-state index is 13.7. The fourth-order valence-electron chi connectivity index (χ4n) is 1.67. The minimum absolute atomic E-state index is 0.144. The Hall–Kier alpha value is -2.01. The molecule has 0 fully saturated rings. The largest absolute Gasteiger partial charge is 0.481 e. The van der Waals surface area contributed by atoms with Gasteiger partial charge in [0, 0.05) is 11.6 Å². The molecule has 94 valence electrons. The van der Waals surface area contributed by atoms with Crippen LogP contribution in [-0.2, 0) is 6.61 Å². The summed E-state index contributed by atoms with van der Waals surface area (Å²) < 4.78 is 31.9. The molecule has 3 nitrogen and oxygen atoms in total. The lowest BCUT2D eigenvalue weighted by molar-refractivity contribution is 0.282. The van der Waals surface area contributed by atoms with Crippen LogP contribution in [0.1, 0.15) is 5.56 Å². The van der Waals surface area contributed by atoms with Crippen LogP contribution in [0.3, 0.4) is 0 Å². The SMILES string of the molecule is COc1cc(-c2cc(F)ccc2CO)c(F)cn1. The highest BCUT2D eigenvalue weighted by molar-refractivity contribution is 5.68. The van der Waals surface area contributed by atoms with Gasteiger partial charge in [-0.15, -0.1) is 0 Å². The summed E-state index contributed by atoms with van der Waals surface area (Å²) in [5.41, 5.74) is 0.865. The Labute approximate surface area is 103 Å². The van der Waals surface area contributed by atoms with Crippen molar-refractivity contribution in [3.05, 3.63) is 47.7 Å². The zero-order valence-corrected chi connectivity index (χ0v) is 9.65. The first kappa shape index (κ1) is 12.4. The minimum atomic E-state index is -0.601. The summed E-state index contributed by atoms with van der Waals surface area (Å²) in [5, 5.41) is 9.20. The van der Waals surface area contributed by atoms with Crippen LogP contribution >= 0.6 is 0 Å². The molecule has 0 aliphatic rings. The number of aliphatic hydroxyl groups excluding tert-OH is 1. The average Bonchev–Trinajstić information content (AvgIpc) is 2.39. The van der Waals surface area contributed by atoms with E-state index in [2.05, 4.69) is 4.98 Å². The maximum absolute atomic E-state index is 13.7. The van der Waals surface area contributed by atoms with Gasteiger partial charge in [-0.1, -0.05) is 6.07 Å². The molecule has 0 saturated heterocycles. The third kappa shape index (κ3) is 2.31. The van der Waals surface area contributed by atoms with Crippen molar-refractivity contribution >= 4 is 0 Å². The van der Waals surface area contributed by atoms with Crippen LogP contribution in [-0.4, -0.2) is 17.2 Å². The second kappa shape index (κ2) is 5.10. The second-order valence-corrected chi connectivity index (χ2v) is 3.67. The lowest BCUT2D eigenvalue weighted by Crippen LogP contribution is -1.96. The number of hydrogen-bond acceptors (Lipinski definition) is 3. The molecule has 0 atom stereocenters. The monoisotopic (exact) mass is 251 g/mol. The Balaban J connectivity index is 2.63. The number of ether oxygens (including phenoxy) is 1. The molecule has 2 rings (SSSR count). The third-order valence-corrected chi connectivity index (χ3v) is 2.57. The number of pyridine rings is 1. The van der Waals surface area contributed by atoms with Gasteiger partial charge in [-0.05, 0) is 23.3 Å². The van der Waals surface area contributed by atoms with Crippen molar-refractivity contribution in [1.29, 1.82) is 0 Å². The van der Waals surface area contributed by atoms with Crippen LogP contribution < -0.4 is 4.74 Å². The fraction of sp³-hybridized carbons (Fsp3) is 0.154. The van der Waals surface area contributed by atoms with Gasteiger partial charge in [0.25, 0.3) is 0 Å². The molecular weight excluding hydrogens is 240 g/mol. The molecule has 0 saturated carbocycles. The van der Waals surface area contributed by atoms with Crippen molar-refractivity contribution in [2.45, 2.75) is 6.61 Å². The van der Waals surface area contributed by atoms with Crippen LogP contribution in [0, 0.1) is 11.6 Å². The number of halogens is 2. The van der Waals surface area contributed by atoms with Crippen molar-refractivity contribution in [3.63, 3.8) is 0 Å². The topological polar surface area (TPSA) is 42.4 Å². The van der Waals surface area contributed by atoms with Gasteiger partial charge < -0.3 is 9.84 Å².